The molecule has 7 nitrogen and oxygen atoms in total. The standard InChI is InChI=1S/C25H22N4O3/c1-16-20(15-26)24(31)29(18-11-5-6-12-18)25(32)22(16)28-27-21-14-8-7-13-19(21)23(30)17-9-3-2-4-10-17/h2-4,7-10,13-14,18,31H,5-6,11-12H2,1H3. The van der Waals surface area contributed by atoms with Gasteiger partial charge in [-0.25, -0.2) is 0 Å². The van der Waals surface area contributed by atoms with Gasteiger partial charge in [0.15, 0.2) is 11.5 Å². The van der Waals surface area contributed by atoms with Gasteiger partial charge in [0.25, 0.3) is 5.56 Å². The number of azo groups is 1. The molecule has 3 aromatic rings. The van der Waals surface area contributed by atoms with Crippen LogP contribution in [0.2, 0.25) is 0 Å². The maximum absolute atomic E-state index is 13.2. The molecule has 0 amide bonds. The van der Waals surface area contributed by atoms with E-state index in [1.165, 1.54) is 4.57 Å². The molecule has 0 radical (unpaired) electrons. The number of benzene rings is 2. The van der Waals surface area contributed by atoms with Crippen LogP contribution in [0.1, 0.15) is 58.8 Å². The van der Waals surface area contributed by atoms with E-state index in [2.05, 4.69) is 10.2 Å². The molecule has 1 aromatic heterocycles. The van der Waals surface area contributed by atoms with E-state index in [9.17, 15) is 20.0 Å². The van der Waals surface area contributed by atoms with E-state index in [1.807, 2.05) is 12.1 Å². The summed E-state index contributed by atoms with van der Waals surface area (Å²) in [6.45, 7) is 1.56. The molecular formula is C25H22N4O3. The molecule has 0 atom stereocenters. The number of nitriles is 1. The van der Waals surface area contributed by atoms with Crippen LogP contribution in [0.15, 0.2) is 69.6 Å². The van der Waals surface area contributed by atoms with Gasteiger partial charge in [0.05, 0.1) is 11.3 Å². The Balaban J connectivity index is 1.80. The van der Waals surface area contributed by atoms with E-state index in [0.29, 0.717) is 16.8 Å². The van der Waals surface area contributed by atoms with E-state index in [4.69, 9.17) is 0 Å². The highest BCUT2D eigenvalue weighted by molar-refractivity contribution is 6.11. The van der Waals surface area contributed by atoms with Crippen LogP contribution in [-0.4, -0.2) is 15.5 Å². The van der Waals surface area contributed by atoms with Crippen molar-refractivity contribution in [2.75, 3.05) is 0 Å². The largest absolute Gasteiger partial charge is 0.493 e. The number of hydrogen-bond acceptors (Lipinski definition) is 6. The summed E-state index contributed by atoms with van der Waals surface area (Å²) in [5, 5.41) is 28.5. The first-order valence-corrected chi connectivity index (χ1v) is 10.5. The second kappa shape index (κ2) is 8.98. The average Bonchev–Trinajstić information content (AvgIpc) is 3.34. The molecule has 1 fully saturated rings. The molecule has 4 rings (SSSR count). The lowest BCUT2D eigenvalue weighted by atomic mass is 10.0. The van der Waals surface area contributed by atoms with Gasteiger partial charge in [-0.2, -0.15) is 5.26 Å². The zero-order valence-corrected chi connectivity index (χ0v) is 17.7. The summed E-state index contributed by atoms with van der Waals surface area (Å²) in [7, 11) is 0. The van der Waals surface area contributed by atoms with Crippen LogP contribution in [0.5, 0.6) is 5.88 Å². The fourth-order valence-corrected chi connectivity index (χ4v) is 4.13. The van der Waals surface area contributed by atoms with E-state index in [-0.39, 0.29) is 34.5 Å². The van der Waals surface area contributed by atoms with Gasteiger partial charge in [-0.1, -0.05) is 55.3 Å². The number of aromatic hydroxyl groups is 1. The topological polar surface area (TPSA) is 108 Å². The monoisotopic (exact) mass is 426 g/mol. The first-order valence-electron chi connectivity index (χ1n) is 10.5. The lowest BCUT2D eigenvalue weighted by Crippen LogP contribution is -2.24. The Bertz CT molecular complexity index is 1300. The van der Waals surface area contributed by atoms with Gasteiger partial charge in [-0.3, -0.25) is 14.2 Å². The molecule has 0 bridgehead atoms. The summed E-state index contributed by atoms with van der Waals surface area (Å²) >= 11 is 0. The molecule has 2 aromatic carbocycles. The van der Waals surface area contributed by atoms with Crippen molar-refractivity contribution < 1.29 is 9.90 Å². The molecule has 1 aliphatic carbocycles. The number of carbonyl (C=O) groups is 1. The molecule has 1 aliphatic rings. The number of hydrogen-bond donors (Lipinski definition) is 1. The lowest BCUT2D eigenvalue weighted by Gasteiger charge is -2.18. The van der Waals surface area contributed by atoms with Gasteiger partial charge >= 0.3 is 0 Å². The van der Waals surface area contributed by atoms with Crippen molar-refractivity contribution >= 4 is 17.2 Å². The number of aromatic nitrogens is 1. The van der Waals surface area contributed by atoms with Crippen LogP contribution >= 0.6 is 0 Å². The first-order chi connectivity index (χ1) is 15.5. The smallest absolute Gasteiger partial charge is 0.281 e. The number of ketones is 1. The molecular weight excluding hydrogens is 404 g/mol. The second-order valence-electron chi connectivity index (χ2n) is 7.81. The third-order valence-corrected chi connectivity index (χ3v) is 5.85. The summed E-state index contributed by atoms with van der Waals surface area (Å²) in [4.78, 5) is 26.1. The zero-order chi connectivity index (χ0) is 22.7. The fourth-order valence-electron chi connectivity index (χ4n) is 4.13. The number of rotatable bonds is 5. The van der Waals surface area contributed by atoms with Gasteiger partial charge in [0.2, 0.25) is 5.88 Å². The van der Waals surface area contributed by atoms with Crippen LogP contribution in [0, 0.1) is 18.3 Å². The average molecular weight is 426 g/mol. The van der Waals surface area contributed by atoms with Crippen LogP contribution in [-0.2, 0) is 0 Å². The molecule has 0 spiro atoms. The van der Waals surface area contributed by atoms with Crippen molar-refractivity contribution in [1.29, 1.82) is 5.26 Å². The van der Waals surface area contributed by atoms with Crippen molar-refractivity contribution in [3.05, 3.63) is 87.2 Å². The van der Waals surface area contributed by atoms with Crippen molar-refractivity contribution in [2.24, 2.45) is 10.2 Å². The number of pyridine rings is 1. The van der Waals surface area contributed by atoms with Gasteiger partial charge in [0, 0.05) is 17.2 Å². The van der Waals surface area contributed by atoms with E-state index in [0.717, 1.165) is 25.7 Å². The van der Waals surface area contributed by atoms with Crippen LogP contribution < -0.4 is 5.56 Å². The molecule has 0 unspecified atom stereocenters. The Morgan fingerprint density at radius 2 is 1.72 bits per heavy atom. The molecule has 160 valence electrons. The van der Waals surface area contributed by atoms with Gasteiger partial charge in [0.1, 0.15) is 11.6 Å². The summed E-state index contributed by atoms with van der Waals surface area (Å²) in [5.41, 5.74) is 0.981. The maximum Gasteiger partial charge on any atom is 0.281 e. The quantitative estimate of drug-likeness (QED) is 0.429. The van der Waals surface area contributed by atoms with Crippen molar-refractivity contribution in [3.63, 3.8) is 0 Å². The highest BCUT2D eigenvalue weighted by Gasteiger charge is 2.26. The zero-order valence-electron chi connectivity index (χ0n) is 17.7. The summed E-state index contributed by atoms with van der Waals surface area (Å²) < 4.78 is 1.27. The predicted molar refractivity (Wildman–Crippen MR) is 120 cm³/mol. The van der Waals surface area contributed by atoms with E-state index < -0.39 is 5.56 Å². The minimum atomic E-state index is -0.485. The van der Waals surface area contributed by atoms with Gasteiger partial charge < -0.3 is 5.11 Å². The fraction of sp³-hybridized carbons (Fsp3) is 0.240. The van der Waals surface area contributed by atoms with Gasteiger partial charge in [-0.15, -0.1) is 10.2 Å². The highest BCUT2D eigenvalue weighted by Crippen LogP contribution is 2.35. The minimum absolute atomic E-state index is 0.00628. The Labute approximate surface area is 185 Å². The summed E-state index contributed by atoms with van der Waals surface area (Å²) in [6.07, 6.45) is 3.43. The minimum Gasteiger partial charge on any atom is -0.493 e. The molecule has 32 heavy (non-hydrogen) atoms. The molecule has 1 N–H and O–H groups in total. The molecule has 0 aliphatic heterocycles. The Hall–Kier alpha value is -4.05. The van der Waals surface area contributed by atoms with Crippen LogP contribution in [0.4, 0.5) is 11.4 Å². The Morgan fingerprint density at radius 3 is 2.41 bits per heavy atom. The summed E-state index contributed by atoms with van der Waals surface area (Å²) in [6, 6.07) is 17.4. The Morgan fingerprint density at radius 1 is 1.06 bits per heavy atom. The second-order valence-corrected chi connectivity index (χ2v) is 7.81. The van der Waals surface area contributed by atoms with Crippen molar-refractivity contribution in [3.8, 4) is 11.9 Å². The SMILES string of the molecule is Cc1c(C#N)c(O)n(C2CCCC2)c(=O)c1N=Nc1ccccc1C(=O)c1ccccc1. The molecule has 1 saturated carbocycles. The van der Waals surface area contributed by atoms with E-state index in [1.54, 1.807) is 55.5 Å². The molecule has 1 heterocycles. The maximum atomic E-state index is 13.2. The first kappa shape index (κ1) is 21.2. The van der Waals surface area contributed by atoms with Crippen molar-refractivity contribution in [1.82, 2.24) is 4.57 Å². The van der Waals surface area contributed by atoms with E-state index >= 15 is 0 Å². The molecule has 0 saturated heterocycles. The third kappa shape index (κ3) is 3.83. The normalized spacial score (nSPS) is 14.0. The van der Waals surface area contributed by atoms with Gasteiger partial charge in [-0.05, 0) is 31.9 Å². The summed E-state index contributed by atoms with van der Waals surface area (Å²) in [5.74, 6) is -0.524. The van der Waals surface area contributed by atoms with Crippen LogP contribution in [0.3, 0.4) is 0 Å². The predicted octanol–water partition coefficient (Wildman–Crippen LogP) is 5.50. The number of nitrogens with zero attached hydrogens (tertiary/aromatic N) is 4. The molecule has 7 heteroatoms. The van der Waals surface area contributed by atoms with Crippen molar-refractivity contribution in [2.45, 2.75) is 38.6 Å². The highest BCUT2D eigenvalue weighted by atomic mass is 16.3. The lowest BCUT2D eigenvalue weighted by molar-refractivity contribution is 0.103. The van der Waals surface area contributed by atoms with Crippen LogP contribution in [0.25, 0.3) is 0 Å². The number of carbonyl (C=O) groups excluding carboxylic acids is 1. The Kier molecular flexibility index (Phi) is 5.95. The third-order valence-electron chi connectivity index (χ3n) is 5.85.